The maximum absolute atomic E-state index is 11.8. The Morgan fingerprint density at radius 3 is 2.86 bits per heavy atom. The number of nitrogens with zero attached hydrogens (tertiary/aromatic N) is 2. The van der Waals surface area contributed by atoms with Crippen LogP contribution >= 0.6 is 0 Å². The molecule has 0 radical (unpaired) electrons. The van der Waals surface area contributed by atoms with Crippen molar-refractivity contribution in [2.24, 2.45) is 10.7 Å². The number of amidine groups is 1. The molecule has 1 aromatic rings. The fourth-order valence-electron chi connectivity index (χ4n) is 3.10. The van der Waals surface area contributed by atoms with E-state index >= 15 is 0 Å². The highest BCUT2D eigenvalue weighted by Crippen LogP contribution is 2.37. The van der Waals surface area contributed by atoms with Gasteiger partial charge in [-0.2, -0.15) is 0 Å². The molecule has 1 heterocycles. The number of fused-ring (bicyclic) bond motifs is 1. The second kappa shape index (κ2) is 4.95. The highest BCUT2D eigenvalue weighted by atomic mass is 16.5. The summed E-state index contributed by atoms with van der Waals surface area (Å²) in [6, 6.07) is 6.30. The normalized spacial score (nSPS) is 22.7. The third-order valence-corrected chi connectivity index (χ3v) is 4.09. The van der Waals surface area contributed by atoms with Crippen molar-refractivity contribution in [3.05, 3.63) is 29.3 Å². The van der Waals surface area contributed by atoms with Crippen molar-refractivity contribution >= 4 is 17.8 Å². The molecule has 1 atom stereocenters. The number of nitrogens with two attached hydrogens (primary N) is 1. The smallest absolute Gasteiger partial charge is 0.413 e. The van der Waals surface area contributed by atoms with Crippen LogP contribution in [0.5, 0.6) is 0 Å². The number of hydrogen-bond donors (Lipinski definition) is 1. The van der Waals surface area contributed by atoms with E-state index in [9.17, 15) is 4.79 Å². The van der Waals surface area contributed by atoms with Gasteiger partial charge in [-0.25, -0.2) is 9.79 Å². The molecule has 3 rings (SSSR count). The van der Waals surface area contributed by atoms with E-state index in [1.165, 1.54) is 18.2 Å². The number of amides is 1. The fourth-order valence-corrected chi connectivity index (χ4v) is 3.10. The van der Waals surface area contributed by atoms with Crippen LogP contribution in [0.3, 0.4) is 0 Å². The maximum Gasteiger partial charge on any atom is 0.413 e. The van der Waals surface area contributed by atoms with E-state index in [4.69, 9.17) is 15.2 Å². The van der Waals surface area contributed by atoms with Crippen LogP contribution < -0.4 is 10.6 Å². The third-order valence-electron chi connectivity index (χ3n) is 4.09. The Morgan fingerprint density at radius 2 is 2.24 bits per heavy atom. The van der Waals surface area contributed by atoms with E-state index in [0.717, 1.165) is 18.5 Å². The molecule has 1 aromatic carbocycles. The molecule has 0 bridgehead atoms. The summed E-state index contributed by atoms with van der Waals surface area (Å²) in [5.74, 6) is 0. The van der Waals surface area contributed by atoms with Crippen molar-refractivity contribution in [2.75, 3.05) is 25.2 Å². The predicted octanol–water partition coefficient (Wildman–Crippen LogP) is 1.46. The predicted molar refractivity (Wildman–Crippen MR) is 79.6 cm³/mol. The van der Waals surface area contributed by atoms with E-state index in [2.05, 4.69) is 11.1 Å². The summed E-state index contributed by atoms with van der Waals surface area (Å²) in [6.45, 7) is 3.00. The zero-order chi connectivity index (χ0) is 15.0. The Labute approximate surface area is 123 Å². The molecular formula is C15H19N3O3. The summed E-state index contributed by atoms with van der Waals surface area (Å²) in [6.07, 6.45) is 1.26. The minimum Gasteiger partial charge on any atom is -0.463 e. The van der Waals surface area contributed by atoms with Crippen molar-refractivity contribution < 1.29 is 14.3 Å². The van der Waals surface area contributed by atoms with Crippen LogP contribution in [0, 0.1) is 0 Å². The van der Waals surface area contributed by atoms with Crippen LogP contribution in [0.2, 0.25) is 0 Å². The molecule has 2 aliphatic rings. The minimum atomic E-state index is -0.350. The molecule has 112 valence electrons. The second-order valence-corrected chi connectivity index (χ2v) is 5.48. The summed E-state index contributed by atoms with van der Waals surface area (Å²) in [4.78, 5) is 17.8. The van der Waals surface area contributed by atoms with E-state index in [-0.39, 0.29) is 17.7 Å². The lowest BCUT2D eigenvalue weighted by molar-refractivity contribution is 0.179. The second-order valence-electron chi connectivity index (χ2n) is 5.48. The van der Waals surface area contributed by atoms with Gasteiger partial charge in [0, 0.05) is 25.1 Å². The van der Waals surface area contributed by atoms with Gasteiger partial charge in [0.15, 0.2) is 0 Å². The summed E-state index contributed by atoms with van der Waals surface area (Å²) in [5, 5.41) is 0. The van der Waals surface area contributed by atoms with E-state index in [1.807, 2.05) is 19.1 Å². The molecule has 1 unspecified atom stereocenters. The monoisotopic (exact) mass is 289 g/mol. The first-order valence-corrected chi connectivity index (χ1v) is 7.02. The van der Waals surface area contributed by atoms with Gasteiger partial charge in [0.25, 0.3) is 6.02 Å². The Hall–Kier alpha value is -2.24. The van der Waals surface area contributed by atoms with Crippen LogP contribution in [0.15, 0.2) is 23.2 Å². The minimum absolute atomic E-state index is 0.257. The molecule has 0 fully saturated rings. The molecule has 6 heteroatoms. The Balaban J connectivity index is 1.88. The van der Waals surface area contributed by atoms with Gasteiger partial charge in [0.2, 0.25) is 0 Å². The third kappa shape index (κ3) is 2.30. The Morgan fingerprint density at radius 1 is 1.48 bits per heavy atom. The van der Waals surface area contributed by atoms with Crippen LogP contribution in [0.25, 0.3) is 0 Å². The van der Waals surface area contributed by atoms with Gasteiger partial charge in [0.1, 0.15) is 12.1 Å². The van der Waals surface area contributed by atoms with E-state index in [1.54, 1.807) is 4.90 Å². The standard InChI is InChI=1S/C15H19N3O3/c1-3-18(14(19)20-2)12-5-4-10-7-15(8-11(10)6-12)9-21-13(16)17-15/h4-6H,3,7-9H2,1-2H3,(H2,16,17). The van der Waals surface area contributed by atoms with E-state index in [0.29, 0.717) is 13.2 Å². The Kier molecular flexibility index (Phi) is 3.23. The van der Waals surface area contributed by atoms with Crippen LogP contribution in [0.1, 0.15) is 18.1 Å². The lowest BCUT2D eigenvalue weighted by atomic mass is 9.99. The molecule has 21 heavy (non-hydrogen) atoms. The number of hydrogen-bond acceptors (Lipinski definition) is 5. The highest BCUT2D eigenvalue weighted by Gasteiger charge is 2.42. The van der Waals surface area contributed by atoms with Crippen molar-refractivity contribution in [2.45, 2.75) is 25.3 Å². The van der Waals surface area contributed by atoms with Gasteiger partial charge in [-0.15, -0.1) is 0 Å². The van der Waals surface area contributed by atoms with Gasteiger partial charge in [0.05, 0.1) is 7.11 Å². The molecule has 2 N–H and O–H groups in total. The molecule has 0 saturated heterocycles. The number of anilines is 1. The lowest BCUT2D eigenvalue weighted by Crippen LogP contribution is -2.30. The van der Waals surface area contributed by atoms with Gasteiger partial charge in [-0.1, -0.05) is 6.07 Å². The molecule has 1 amide bonds. The van der Waals surface area contributed by atoms with Crippen LogP contribution in [-0.2, 0) is 22.3 Å². The molecule has 0 aromatic heterocycles. The van der Waals surface area contributed by atoms with Crippen molar-refractivity contribution in [1.29, 1.82) is 0 Å². The summed E-state index contributed by atoms with van der Waals surface area (Å²) in [7, 11) is 1.39. The quantitative estimate of drug-likeness (QED) is 0.894. The molecule has 6 nitrogen and oxygen atoms in total. The maximum atomic E-state index is 11.8. The zero-order valence-corrected chi connectivity index (χ0v) is 12.3. The van der Waals surface area contributed by atoms with Crippen LogP contribution in [0.4, 0.5) is 10.5 Å². The van der Waals surface area contributed by atoms with Gasteiger partial charge in [-0.3, -0.25) is 4.90 Å². The summed E-state index contributed by atoms with van der Waals surface area (Å²) >= 11 is 0. The van der Waals surface area contributed by atoms with Crippen LogP contribution in [-0.4, -0.2) is 37.9 Å². The average Bonchev–Trinajstić information content (AvgIpc) is 3.01. The fraction of sp³-hybridized carbons (Fsp3) is 0.467. The number of ether oxygens (including phenoxy) is 2. The number of carbonyl (C=O) groups is 1. The number of aliphatic imine (C=N–C) groups is 1. The number of rotatable bonds is 2. The summed E-state index contributed by atoms with van der Waals surface area (Å²) in [5.41, 5.74) is 8.66. The SMILES string of the molecule is CCN(C(=O)OC)c1ccc2c(c1)CC1(COC(N)=N1)C2. The first-order chi connectivity index (χ1) is 10.1. The average molecular weight is 289 g/mol. The summed E-state index contributed by atoms with van der Waals surface area (Å²) < 4.78 is 10.1. The first-order valence-electron chi connectivity index (χ1n) is 7.02. The van der Waals surface area contributed by atoms with Gasteiger partial charge in [-0.05, 0) is 30.2 Å². The largest absolute Gasteiger partial charge is 0.463 e. The molecule has 0 saturated carbocycles. The van der Waals surface area contributed by atoms with Gasteiger partial charge < -0.3 is 15.2 Å². The molecule has 1 spiro atoms. The lowest BCUT2D eigenvalue weighted by Gasteiger charge is -2.20. The zero-order valence-electron chi connectivity index (χ0n) is 12.3. The number of carbonyl (C=O) groups excluding carboxylic acids is 1. The van der Waals surface area contributed by atoms with Crippen molar-refractivity contribution in [3.63, 3.8) is 0 Å². The molecule has 1 aliphatic carbocycles. The molecular weight excluding hydrogens is 270 g/mol. The number of benzene rings is 1. The van der Waals surface area contributed by atoms with Crippen molar-refractivity contribution in [1.82, 2.24) is 0 Å². The topological polar surface area (TPSA) is 77.2 Å². The highest BCUT2D eigenvalue weighted by molar-refractivity contribution is 5.87. The van der Waals surface area contributed by atoms with Gasteiger partial charge >= 0.3 is 6.09 Å². The van der Waals surface area contributed by atoms with Crippen molar-refractivity contribution in [3.8, 4) is 0 Å². The Bertz CT molecular complexity index is 614. The van der Waals surface area contributed by atoms with E-state index < -0.39 is 0 Å². The number of methoxy groups -OCH3 is 1. The molecule has 1 aliphatic heterocycles. The first kappa shape index (κ1) is 13.7.